The zero-order valence-electron chi connectivity index (χ0n) is 9.60. The average Bonchev–Trinajstić information content (AvgIpc) is 2.57. The third-order valence-corrected chi connectivity index (χ3v) is 3.08. The van der Waals surface area contributed by atoms with Crippen molar-refractivity contribution in [2.24, 2.45) is 5.73 Å². The summed E-state index contributed by atoms with van der Waals surface area (Å²) in [6.45, 7) is 8.04. The second kappa shape index (κ2) is 5.46. The Labute approximate surface area is 94.8 Å². The first-order valence-electron chi connectivity index (χ1n) is 5.12. The highest BCUT2D eigenvalue weighted by Gasteiger charge is 2.13. The van der Waals surface area contributed by atoms with Crippen molar-refractivity contribution in [3.8, 4) is 0 Å². The minimum Gasteiger partial charge on any atom is -0.330 e. The van der Waals surface area contributed by atoms with Crippen molar-refractivity contribution in [3.05, 3.63) is 5.82 Å². The van der Waals surface area contributed by atoms with Crippen molar-refractivity contribution in [3.63, 3.8) is 0 Å². The van der Waals surface area contributed by atoms with E-state index in [-0.39, 0.29) is 4.75 Å². The number of hydrogen-bond donors (Lipinski definition) is 1. The quantitative estimate of drug-likeness (QED) is 0.817. The van der Waals surface area contributed by atoms with E-state index in [0.717, 1.165) is 24.5 Å². The van der Waals surface area contributed by atoms with Crippen molar-refractivity contribution in [2.75, 3.05) is 6.54 Å². The summed E-state index contributed by atoms with van der Waals surface area (Å²) in [4.78, 5) is 0. The lowest BCUT2D eigenvalue weighted by Crippen LogP contribution is -2.12. The molecule has 0 aliphatic carbocycles. The number of tetrazole rings is 1. The van der Waals surface area contributed by atoms with E-state index in [1.165, 1.54) is 0 Å². The molecule has 0 unspecified atom stereocenters. The fourth-order valence-corrected chi connectivity index (χ4v) is 1.79. The first-order valence-corrected chi connectivity index (χ1v) is 6.10. The summed E-state index contributed by atoms with van der Waals surface area (Å²) in [5.74, 6) is 1.78. The molecular weight excluding hydrogens is 210 g/mol. The summed E-state index contributed by atoms with van der Waals surface area (Å²) in [5.41, 5.74) is 5.45. The number of aryl methyl sites for hydroxylation is 1. The van der Waals surface area contributed by atoms with Gasteiger partial charge in [0.1, 0.15) is 0 Å². The standard InChI is InChI=1S/C9H19N5S/c1-9(2,3)15-7-8-11-12-13-14(8)6-4-5-10/h4-7,10H2,1-3H3. The van der Waals surface area contributed by atoms with Crippen molar-refractivity contribution in [1.29, 1.82) is 0 Å². The normalized spacial score (nSPS) is 12.0. The van der Waals surface area contributed by atoms with E-state index in [4.69, 9.17) is 5.73 Å². The van der Waals surface area contributed by atoms with Crippen LogP contribution < -0.4 is 5.73 Å². The SMILES string of the molecule is CC(C)(C)SCc1nnnn1CCCN. The van der Waals surface area contributed by atoms with Gasteiger partial charge in [0.05, 0.1) is 5.75 Å². The molecule has 0 aromatic carbocycles. The molecule has 0 atom stereocenters. The molecule has 0 aliphatic heterocycles. The number of hydrogen-bond acceptors (Lipinski definition) is 5. The van der Waals surface area contributed by atoms with Crippen molar-refractivity contribution >= 4 is 11.8 Å². The van der Waals surface area contributed by atoms with Crippen LogP contribution in [0, 0.1) is 0 Å². The van der Waals surface area contributed by atoms with Gasteiger partial charge in [-0.05, 0) is 23.4 Å². The molecule has 0 fully saturated rings. The molecule has 86 valence electrons. The predicted octanol–water partition coefficient (Wildman–Crippen LogP) is 1.05. The van der Waals surface area contributed by atoms with Crippen LogP contribution in [-0.4, -0.2) is 31.5 Å². The molecule has 0 spiro atoms. The lowest BCUT2D eigenvalue weighted by atomic mass is 10.3. The highest BCUT2D eigenvalue weighted by Crippen LogP contribution is 2.26. The van der Waals surface area contributed by atoms with Crippen LogP contribution >= 0.6 is 11.8 Å². The van der Waals surface area contributed by atoms with E-state index >= 15 is 0 Å². The van der Waals surface area contributed by atoms with Crippen LogP contribution in [0.5, 0.6) is 0 Å². The Morgan fingerprint density at radius 2 is 2.13 bits per heavy atom. The van der Waals surface area contributed by atoms with Gasteiger partial charge >= 0.3 is 0 Å². The van der Waals surface area contributed by atoms with E-state index in [2.05, 4.69) is 36.3 Å². The Balaban J connectivity index is 2.50. The number of nitrogens with two attached hydrogens (primary N) is 1. The smallest absolute Gasteiger partial charge is 0.161 e. The Morgan fingerprint density at radius 1 is 1.40 bits per heavy atom. The first kappa shape index (κ1) is 12.4. The monoisotopic (exact) mass is 229 g/mol. The molecule has 1 aromatic heterocycles. The molecule has 0 radical (unpaired) electrons. The highest BCUT2D eigenvalue weighted by molar-refractivity contribution is 7.99. The number of rotatable bonds is 5. The Bertz CT molecular complexity index is 291. The maximum absolute atomic E-state index is 5.45. The fraction of sp³-hybridized carbons (Fsp3) is 0.889. The second-order valence-electron chi connectivity index (χ2n) is 4.36. The molecule has 15 heavy (non-hydrogen) atoms. The summed E-state index contributed by atoms with van der Waals surface area (Å²) >= 11 is 1.84. The molecular formula is C9H19N5S. The molecule has 1 aromatic rings. The maximum atomic E-state index is 5.45. The van der Waals surface area contributed by atoms with Gasteiger partial charge in [0, 0.05) is 11.3 Å². The minimum absolute atomic E-state index is 0.241. The van der Waals surface area contributed by atoms with Crippen LogP contribution in [0.3, 0.4) is 0 Å². The Hall–Kier alpha value is -0.620. The van der Waals surface area contributed by atoms with E-state index in [9.17, 15) is 0 Å². The molecule has 1 rings (SSSR count). The molecule has 0 saturated heterocycles. The van der Waals surface area contributed by atoms with Gasteiger partial charge in [0.15, 0.2) is 5.82 Å². The fourth-order valence-electron chi connectivity index (χ4n) is 1.02. The molecule has 2 N–H and O–H groups in total. The summed E-state index contributed by atoms with van der Waals surface area (Å²) in [5, 5.41) is 11.6. The number of aromatic nitrogens is 4. The number of nitrogens with zero attached hydrogens (tertiary/aromatic N) is 4. The lowest BCUT2D eigenvalue weighted by Gasteiger charge is -2.16. The van der Waals surface area contributed by atoms with Gasteiger partial charge in [-0.1, -0.05) is 20.8 Å². The van der Waals surface area contributed by atoms with E-state index in [1.807, 2.05) is 16.4 Å². The van der Waals surface area contributed by atoms with E-state index in [0.29, 0.717) is 6.54 Å². The first-order chi connectivity index (χ1) is 7.03. The molecule has 0 amide bonds. The van der Waals surface area contributed by atoms with Crippen LogP contribution in [0.4, 0.5) is 0 Å². The van der Waals surface area contributed by atoms with Crippen molar-refractivity contribution in [2.45, 2.75) is 44.2 Å². The van der Waals surface area contributed by atoms with E-state index in [1.54, 1.807) is 0 Å². The van der Waals surface area contributed by atoms with Crippen LogP contribution in [0.15, 0.2) is 0 Å². The largest absolute Gasteiger partial charge is 0.330 e. The third kappa shape index (κ3) is 4.61. The highest BCUT2D eigenvalue weighted by atomic mass is 32.2. The molecule has 0 bridgehead atoms. The van der Waals surface area contributed by atoms with E-state index < -0.39 is 0 Å². The summed E-state index contributed by atoms with van der Waals surface area (Å²) in [7, 11) is 0. The lowest BCUT2D eigenvalue weighted by molar-refractivity contribution is 0.550. The molecule has 0 aliphatic rings. The average molecular weight is 229 g/mol. The molecule has 1 heterocycles. The van der Waals surface area contributed by atoms with Gasteiger partial charge in [-0.25, -0.2) is 4.68 Å². The Morgan fingerprint density at radius 3 is 2.73 bits per heavy atom. The topological polar surface area (TPSA) is 69.6 Å². The van der Waals surface area contributed by atoms with Gasteiger partial charge in [-0.2, -0.15) is 0 Å². The Kier molecular flexibility index (Phi) is 4.53. The molecule has 0 saturated carbocycles. The zero-order chi connectivity index (χ0) is 11.3. The predicted molar refractivity (Wildman–Crippen MR) is 62.5 cm³/mol. The zero-order valence-corrected chi connectivity index (χ0v) is 10.4. The summed E-state index contributed by atoms with van der Waals surface area (Å²) in [6.07, 6.45) is 0.915. The van der Waals surface area contributed by atoms with Crippen LogP contribution in [0.2, 0.25) is 0 Å². The van der Waals surface area contributed by atoms with Crippen LogP contribution in [-0.2, 0) is 12.3 Å². The van der Waals surface area contributed by atoms with Gasteiger partial charge in [0.25, 0.3) is 0 Å². The van der Waals surface area contributed by atoms with Gasteiger partial charge in [-0.15, -0.1) is 16.9 Å². The van der Waals surface area contributed by atoms with Crippen LogP contribution in [0.1, 0.15) is 33.0 Å². The minimum atomic E-state index is 0.241. The second-order valence-corrected chi connectivity index (χ2v) is 6.16. The third-order valence-electron chi connectivity index (χ3n) is 1.81. The van der Waals surface area contributed by atoms with Crippen molar-refractivity contribution in [1.82, 2.24) is 20.2 Å². The summed E-state index contributed by atoms with van der Waals surface area (Å²) < 4.78 is 2.08. The summed E-state index contributed by atoms with van der Waals surface area (Å²) in [6, 6.07) is 0. The van der Waals surface area contributed by atoms with Gasteiger partial charge < -0.3 is 5.73 Å². The molecule has 6 heteroatoms. The van der Waals surface area contributed by atoms with Gasteiger partial charge in [0.2, 0.25) is 0 Å². The number of thioether (sulfide) groups is 1. The van der Waals surface area contributed by atoms with Gasteiger partial charge in [-0.3, -0.25) is 0 Å². The maximum Gasteiger partial charge on any atom is 0.161 e. The molecule has 5 nitrogen and oxygen atoms in total. The van der Waals surface area contributed by atoms with Crippen molar-refractivity contribution < 1.29 is 0 Å². The van der Waals surface area contributed by atoms with Crippen LogP contribution in [0.25, 0.3) is 0 Å².